The lowest BCUT2D eigenvalue weighted by Crippen LogP contribution is -2.32. The number of hydrogen-bond donors (Lipinski definition) is 1. The molecule has 0 bridgehead atoms. The lowest BCUT2D eigenvalue weighted by Gasteiger charge is -2.16. The molecule has 2 amide bonds. The average molecular weight is 316 g/mol. The van der Waals surface area contributed by atoms with E-state index in [1.807, 2.05) is 18.2 Å². The number of fused-ring (bicyclic) bond motifs is 1. The van der Waals surface area contributed by atoms with E-state index in [0.29, 0.717) is 12.1 Å². The molecule has 0 saturated carbocycles. The Morgan fingerprint density at radius 1 is 1.26 bits per heavy atom. The summed E-state index contributed by atoms with van der Waals surface area (Å²) in [6.07, 6.45) is 6.73. The maximum atomic E-state index is 12.4. The molecule has 0 saturated heterocycles. The lowest BCUT2D eigenvalue weighted by molar-refractivity contribution is -0.116. The number of carbonyl (C=O) groups excluding carboxylic acids is 2. The van der Waals surface area contributed by atoms with E-state index < -0.39 is 0 Å². The molecule has 1 heterocycles. The topological polar surface area (TPSA) is 49.4 Å². The lowest BCUT2D eigenvalue weighted by atomic mass is 10.1. The van der Waals surface area contributed by atoms with Crippen molar-refractivity contribution in [1.82, 2.24) is 5.32 Å². The largest absolute Gasteiger partial charge is 0.350 e. The van der Waals surface area contributed by atoms with E-state index in [-0.39, 0.29) is 17.9 Å². The molecule has 1 aliphatic rings. The van der Waals surface area contributed by atoms with Crippen molar-refractivity contribution in [3.05, 3.63) is 29.3 Å². The van der Waals surface area contributed by atoms with Gasteiger partial charge >= 0.3 is 0 Å². The van der Waals surface area contributed by atoms with Gasteiger partial charge in [0.05, 0.1) is 0 Å². The normalized spacial score (nSPS) is 14.5. The second-order valence-electron chi connectivity index (χ2n) is 6.49. The molecule has 1 aromatic rings. The second kappa shape index (κ2) is 8.14. The highest BCUT2D eigenvalue weighted by Crippen LogP contribution is 2.28. The molecule has 23 heavy (non-hydrogen) atoms. The van der Waals surface area contributed by atoms with Crippen LogP contribution < -0.4 is 10.2 Å². The van der Waals surface area contributed by atoms with Crippen molar-refractivity contribution in [3.63, 3.8) is 0 Å². The first kappa shape index (κ1) is 17.5. The summed E-state index contributed by atoms with van der Waals surface area (Å²) in [6, 6.07) is 5.84. The molecule has 2 rings (SSSR count). The van der Waals surface area contributed by atoms with E-state index in [2.05, 4.69) is 19.2 Å². The zero-order valence-electron chi connectivity index (χ0n) is 14.5. The van der Waals surface area contributed by atoms with Gasteiger partial charge in [-0.15, -0.1) is 0 Å². The number of amides is 2. The van der Waals surface area contributed by atoms with Crippen molar-refractivity contribution in [3.8, 4) is 0 Å². The maximum absolute atomic E-state index is 12.4. The van der Waals surface area contributed by atoms with Gasteiger partial charge in [-0.1, -0.05) is 32.6 Å². The first-order valence-electron chi connectivity index (χ1n) is 8.74. The van der Waals surface area contributed by atoms with Crippen LogP contribution in [0.1, 0.15) is 68.8 Å². The van der Waals surface area contributed by atoms with Gasteiger partial charge in [-0.3, -0.25) is 9.59 Å². The molecule has 1 aliphatic heterocycles. The van der Waals surface area contributed by atoms with E-state index >= 15 is 0 Å². The van der Waals surface area contributed by atoms with Crippen LogP contribution in [0.5, 0.6) is 0 Å². The average Bonchev–Trinajstić information content (AvgIpc) is 2.94. The van der Waals surface area contributed by atoms with Gasteiger partial charge in [-0.2, -0.15) is 0 Å². The van der Waals surface area contributed by atoms with Crippen LogP contribution in [-0.4, -0.2) is 24.4 Å². The minimum absolute atomic E-state index is 0.0166. The smallest absolute Gasteiger partial charge is 0.251 e. The number of benzene rings is 1. The van der Waals surface area contributed by atoms with E-state index in [0.717, 1.165) is 30.5 Å². The first-order valence-corrected chi connectivity index (χ1v) is 8.74. The van der Waals surface area contributed by atoms with Gasteiger partial charge < -0.3 is 10.2 Å². The van der Waals surface area contributed by atoms with E-state index in [1.54, 1.807) is 11.8 Å². The molecular formula is C19H28N2O2. The summed E-state index contributed by atoms with van der Waals surface area (Å²) in [5.74, 6) is 0.0405. The second-order valence-corrected chi connectivity index (χ2v) is 6.49. The molecule has 1 aromatic carbocycles. The minimum atomic E-state index is -0.0166. The quantitative estimate of drug-likeness (QED) is 0.780. The van der Waals surface area contributed by atoms with E-state index in [4.69, 9.17) is 0 Å². The molecule has 0 aromatic heterocycles. The monoisotopic (exact) mass is 316 g/mol. The van der Waals surface area contributed by atoms with Crippen LogP contribution in [0.4, 0.5) is 5.69 Å². The third kappa shape index (κ3) is 4.57. The van der Waals surface area contributed by atoms with Crippen LogP contribution in [0.2, 0.25) is 0 Å². The Morgan fingerprint density at radius 2 is 2.04 bits per heavy atom. The van der Waals surface area contributed by atoms with Gasteiger partial charge in [-0.05, 0) is 43.5 Å². The van der Waals surface area contributed by atoms with Gasteiger partial charge in [0, 0.05) is 30.8 Å². The molecule has 0 fully saturated rings. The Morgan fingerprint density at radius 3 is 2.74 bits per heavy atom. The maximum Gasteiger partial charge on any atom is 0.251 e. The summed E-state index contributed by atoms with van der Waals surface area (Å²) in [5, 5.41) is 3.08. The Kier molecular flexibility index (Phi) is 6.20. The highest BCUT2D eigenvalue weighted by Gasteiger charge is 2.23. The Labute approximate surface area is 139 Å². The predicted octanol–water partition coefficient (Wildman–Crippen LogP) is 3.68. The summed E-state index contributed by atoms with van der Waals surface area (Å²) in [6.45, 7) is 6.56. The molecule has 4 nitrogen and oxygen atoms in total. The summed E-state index contributed by atoms with van der Waals surface area (Å²) in [4.78, 5) is 25.7. The van der Waals surface area contributed by atoms with Crippen molar-refractivity contribution in [2.24, 2.45) is 0 Å². The van der Waals surface area contributed by atoms with Gasteiger partial charge in [-0.25, -0.2) is 0 Å². The fourth-order valence-electron chi connectivity index (χ4n) is 3.13. The molecule has 126 valence electrons. The van der Waals surface area contributed by atoms with E-state index in [1.165, 1.54) is 19.3 Å². The van der Waals surface area contributed by atoms with Gasteiger partial charge in [0.25, 0.3) is 5.91 Å². The van der Waals surface area contributed by atoms with Crippen molar-refractivity contribution in [2.75, 3.05) is 11.4 Å². The third-order valence-electron chi connectivity index (χ3n) is 4.49. The molecule has 4 heteroatoms. The zero-order chi connectivity index (χ0) is 16.8. The fourth-order valence-corrected chi connectivity index (χ4v) is 3.13. The SMILES string of the molecule is CCCCCCC(C)NC(=O)c1ccc2c(c1)CCN2C(C)=O. The number of anilines is 1. The van der Waals surface area contributed by atoms with Crippen molar-refractivity contribution in [1.29, 1.82) is 0 Å². The van der Waals surface area contributed by atoms with E-state index in [9.17, 15) is 9.59 Å². The molecule has 0 spiro atoms. The van der Waals surface area contributed by atoms with Crippen LogP contribution >= 0.6 is 0 Å². The highest BCUT2D eigenvalue weighted by atomic mass is 16.2. The van der Waals surface area contributed by atoms with Crippen LogP contribution in [0, 0.1) is 0 Å². The molecule has 1 unspecified atom stereocenters. The predicted molar refractivity (Wildman–Crippen MR) is 93.9 cm³/mol. The standard InChI is InChI=1S/C19H28N2O2/c1-4-5-6-7-8-14(2)20-19(23)17-9-10-18-16(13-17)11-12-21(18)15(3)22/h9-10,13-14H,4-8,11-12H2,1-3H3,(H,20,23). The summed E-state index contributed by atoms with van der Waals surface area (Å²) >= 11 is 0. The molecule has 0 radical (unpaired) electrons. The zero-order valence-corrected chi connectivity index (χ0v) is 14.5. The van der Waals surface area contributed by atoms with Gasteiger partial charge in [0.1, 0.15) is 0 Å². The van der Waals surface area contributed by atoms with Crippen molar-refractivity contribution < 1.29 is 9.59 Å². The molecular weight excluding hydrogens is 288 g/mol. The summed E-state index contributed by atoms with van der Waals surface area (Å²) < 4.78 is 0. The van der Waals surface area contributed by atoms with Gasteiger partial charge in [0.2, 0.25) is 5.91 Å². The Balaban J connectivity index is 1.92. The van der Waals surface area contributed by atoms with Crippen molar-refractivity contribution >= 4 is 17.5 Å². The molecule has 1 N–H and O–H groups in total. The van der Waals surface area contributed by atoms with Crippen LogP contribution in [0.25, 0.3) is 0 Å². The first-order chi connectivity index (χ1) is 11.0. The number of hydrogen-bond acceptors (Lipinski definition) is 2. The molecule has 0 aliphatic carbocycles. The van der Waals surface area contributed by atoms with Crippen LogP contribution in [0.3, 0.4) is 0 Å². The number of nitrogens with one attached hydrogen (secondary N) is 1. The minimum Gasteiger partial charge on any atom is -0.350 e. The summed E-state index contributed by atoms with van der Waals surface area (Å²) in [7, 11) is 0. The van der Waals surface area contributed by atoms with Crippen LogP contribution in [-0.2, 0) is 11.2 Å². The fraction of sp³-hybridized carbons (Fsp3) is 0.579. The number of carbonyl (C=O) groups is 2. The van der Waals surface area contributed by atoms with Gasteiger partial charge in [0.15, 0.2) is 0 Å². The Bertz CT molecular complexity index is 568. The van der Waals surface area contributed by atoms with Crippen LogP contribution in [0.15, 0.2) is 18.2 Å². The highest BCUT2D eigenvalue weighted by molar-refractivity contribution is 5.97. The van der Waals surface area contributed by atoms with Crippen molar-refractivity contribution in [2.45, 2.75) is 65.3 Å². The third-order valence-corrected chi connectivity index (χ3v) is 4.49. The molecule has 1 atom stereocenters. The number of unbranched alkanes of at least 4 members (excludes halogenated alkanes) is 3. The summed E-state index contributed by atoms with van der Waals surface area (Å²) in [5.41, 5.74) is 2.72. The Hall–Kier alpha value is -1.84. The number of rotatable bonds is 7. The number of nitrogens with zero attached hydrogens (tertiary/aromatic N) is 1.